The monoisotopic (exact) mass is 303 g/mol. The van der Waals surface area contributed by atoms with Gasteiger partial charge in [0.25, 0.3) is 5.56 Å². The molecule has 1 N–H and O–H groups in total. The van der Waals surface area contributed by atoms with Crippen molar-refractivity contribution in [2.24, 2.45) is 0 Å². The van der Waals surface area contributed by atoms with Crippen LogP contribution in [-0.4, -0.2) is 27.3 Å². The van der Waals surface area contributed by atoms with Gasteiger partial charge in [-0.15, -0.1) is 0 Å². The van der Waals surface area contributed by atoms with E-state index >= 15 is 0 Å². The predicted molar refractivity (Wildman–Crippen MR) is 79.1 cm³/mol. The molecule has 0 bridgehead atoms. The largest absolute Gasteiger partial charge is 0.336 e. The first kappa shape index (κ1) is 13.8. The Kier molecular flexibility index (Phi) is 3.75. The highest BCUT2D eigenvalue weighted by Gasteiger charge is 2.23. The van der Waals surface area contributed by atoms with Gasteiger partial charge < -0.3 is 9.88 Å². The average molecular weight is 304 g/mol. The maximum absolute atomic E-state index is 12.3. The summed E-state index contributed by atoms with van der Waals surface area (Å²) in [6.07, 6.45) is 2.26. The molecule has 0 saturated heterocycles. The lowest BCUT2D eigenvalue weighted by Gasteiger charge is -2.27. The minimum Gasteiger partial charge on any atom is -0.336 e. The van der Waals surface area contributed by atoms with Gasteiger partial charge in [-0.2, -0.15) is 0 Å². The molecule has 0 radical (unpaired) electrons. The van der Waals surface area contributed by atoms with Gasteiger partial charge >= 0.3 is 0 Å². The Hall–Kier alpha value is -2.14. The molecule has 108 valence electrons. The number of aromatic nitrogens is 2. The van der Waals surface area contributed by atoms with Crippen LogP contribution in [0, 0.1) is 0 Å². The fraction of sp³-hybridized carbons (Fsp3) is 0.267. The second kappa shape index (κ2) is 5.69. The lowest BCUT2D eigenvalue weighted by Crippen LogP contribution is -2.39. The SMILES string of the molecule is O=C(Cc1ccc(Cl)cc1)N1CCc2c(nc[nH]c2=O)C1. The Morgan fingerprint density at radius 1 is 1.33 bits per heavy atom. The minimum atomic E-state index is -0.107. The van der Waals surface area contributed by atoms with Crippen molar-refractivity contribution in [3.63, 3.8) is 0 Å². The maximum atomic E-state index is 12.3. The van der Waals surface area contributed by atoms with E-state index in [-0.39, 0.29) is 11.5 Å². The predicted octanol–water partition coefficient (Wildman–Crippen LogP) is 1.55. The number of aromatic amines is 1. The van der Waals surface area contributed by atoms with Crippen molar-refractivity contribution in [3.05, 3.63) is 62.8 Å². The molecule has 3 rings (SSSR count). The van der Waals surface area contributed by atoms with E-state index in [1.54, 1.807) is 17.0 Å². The van der Waals surface area contributed by atoms with Gasteiger partial charge in [-0.1, -0.05) is 23.7 Å². The molecule has 21 heavy (non-hydrogen) atoms. The number of nitrogens with one attached hydrogen (secondary N) is 1. The molecule has 2 aromatic rings. The number of nitrogens with zero attached hydrogens (tertiary/aromatic N) is 2. The number of carbonyl (C=O) groups is 1. The number of benzene rings is 1. The molecule has 0 atom stereocenters. The van der Waals surface area contributed by atoms with Gasteiger partial charge in [-0.25, -0.2) is 4.98 Å². The molecule has 0 unspecified atom stereocenters. The molecule has 1 amide bonds. The third kappa shape index (κ3) is 2.97. The summed E-state index contributed by atoms with van der Waals surface area (Å²) in [6, 6.07) is 7.25. The number of carbonyl (C=O) groups excluding carboxylic acids is 1. The maximum Gasteiger partial charge on any atom is 0.254 e. The molecule has 1 aromatic heterocycles. The number of hydrogen-bond acceptors (Lipinski definition) is 3. The van der Waals surface area contributed by atoms with E-state index in [0.29, 0.717) is 42.2 Å². The first-order chi connectivity index (χ1) is 10.1. The quantitative estimate of drug-likeness (QED) is 0.915. The molecule has 1 aliphatic heterocycles. The highest BCUT2D eigenvalue weighted by Crippen LogP contribution is 2.15. The number of H-pyrrole nitrogens is 1. The van der Waals surface area contributed by atoms with E-state index < -0.39 is 0 Å². The molecule has 0 saturated carbocycles. The highest BCUT2D eigenvalue weighted by atomic mass is 35.5. The molecular weight excluding hydrogens is 290 g/mol. The number of halogens is 1. The lowest BCUT2D eigenvalue weighted by molar-refractivity contribution is -0.131. The van der Waals surface area contributed by atoms with Gasteiger partial charge in [0, 0.05) is 17.1 Å². The summed E-state index contributed by atoms with van der Waals surface area (Å²) in [6.45, 7) is 0.944. The van der Waals surface area contributed by atoms with Crippen LogP contribution >= 0.6 is 11.6 Å². The summed E-state index contributed by atoms with van der Waals surface area (Å²) >= 11 is 5.83. The standard InChI is InChI=1S/C15H14ClN3O2/c16-11-3-1-10(2-4-11)7-14(20)19-6-5-12-13(8-19)17-9-18-15(12)21/h1-4,9H,5-8H2,(H,17,18,21). The molecule has 0 fully saturated rings. The van der Waals surface area contributed by atoms with Crippen LogP contribution in [0.5, 0.6) is 0 Å². The van der Waals surface area contributed by atoms with Crippen molar-refractivity contribution in [2.75, 3.05) is 6.54 Å². The zero-order chi connectivity index (χ0) is 14.8. The van der Waals surface area contributed by atoms with Crippen molar-refractivity contribution in [2.45, 2.75) is 19.4 Å². The zero-order valence-corrected chi connectivity index (χ0v) is 12.1. The Morgan fingerprint density at radius 2 is 2.10 bits per heavy atom. The van der Waals surface area contributed by atoms with Gasteiger partial charge in [0.2, 0.25) is 5.91 Å². The molecule has 5 nitrogen and oxygen atoms in total. The van der Waals surface area contributed by atoms with Crippen molar-refractivity contribution in [3.8, 4) is 0 Å². The van der Waals surface area contributed by atoms with Crippen LogP contribution in [0.25, 0.3) is 0 Å². The second-order valence-corrected chi connectivity index (χ2v) is 5.46. The molecule has 0 aliphatic carbocycles. The van der Waals surface area contributed by atoms with Gasteiger partial charge in [0.05, 0.1) is 25.0 Å². The number of fused-ring (bicyclic) bond motifs is 1. The first-order valence-electron chi connectivity index (χ1n) is 6.71. The van der Waals surface area contributed by atoms with Gasteiger partial charge in [-0.05, 0) is 24.1 Å². The normalized spacial score (nSPS) is 13.9. The van der Waals surface area contributed by atoms with Gasteiger partial charge in [0.1, 0.15) is 0 Å². The third-order valence-corrected chi connectivity index (χ3v) is 3.88. The topological polar surface area (TPSA) is 66.1 Å². The Labute approximate surface area is 126 Å². The molecule has 1 aromatic carbocycles. The summed E-state index contributed by atoms with van der Waals surface area (Å²) in [5.74, 6) is 0.0325. The van der Waals surface area contributed by atoms with Crippen LogP contribution in [0.1, 0.15) is 16.8 Å². The van der Waals surface area contributed by atoms with E-state index in [4.69, 9.17) is 11.6 Å². The summed E-state index contributed by atoms with van der Waals surface area (Å²) in [5, 5.41) is 0.654. The average Bonchev–Trinajstić information content (AvgIpc) is 2.49. The molecular formula is C15H14ClN3O2. The van der Waals surface area contributed by atoms with Crippen LogP contribution in [0.4, 0.5) is 0 Å². The van der Waals surface area contributed by atoms with Crippen molar-refractivity contribution in [1.82, 2.24) is 14.9 Å². The molecule has 0 spiro atoms. The zero-order valence-electron chi connectivity index (χ0n) is 11.3. The fourth-order valence-corrected chi connectivity index (χ4v) is 2.59. The smallest absolute Gasteiger partial charge is 0.254 e. The Balaban J connectivity index is 1.72. The minimum absolute atomic E-state index is 0.0325. The molecule has 1 aliphatic rings. The van der Waals surface area contributed by atoms with Crippen LogP contribution in [0.15, 0.2) is 35.4 Å². The van der Waals surface area contributed by atoms with E-state index in [1.165, 1.54) is 6.33 Å². The van der Waals surface area contributed by atoms with E-state index in [9.17, 15) is 9.59 Å². The van der Waals surface area contributed by atoms with E-state index in [0.717, 1.165) is 5.56 Å². The summed E-state index contributed by atoms with van der Waals surface area (Å²) in [7, 11) is 0. The molecule has 6 heteroatoms. The van der Waals surface area contributed by atoms with Crippen LogP contribution in [0.3, 0.4) is 0 Å². The van der Waals surface area contributed by atoms with Crippen LogP contribution < -0.4 is 5.56 Å². The van der Waals surface area contributed by atoms with Crippen molar-refractivity contribution < 1.29 is 4.79 Å². The second-order valence-electron chi connectivity index (χ2n) is 5.03. The van der Waals surface area contributed by atoms with Crippen molar-refractivity contribution in [1.29, 1.82) is 0 Å². The first-order valence-corrected chi connectivity index (χ1v) is 7.09. The number of rotatable bonds is 2. The van der Waals surface area contributed by atoms with Crippen LogP contribution in [0.2, 0.25) is 5.02 Å². The third-order valence-electron chi connectivity index (χ3n) is 3.63. The van der Waals surface area contributed by atoms with Crippen LogP contribution in [-0.2, 0) is 24.2 Å². The summed E-state index contributed by atoms with van der Waals surface area (Å²) < 4.78 is 0. The van der Waals surface area contributed by atoms with Gasteiger partial charge in [-0.3, -0.25) is 9.59 Å². The number of amides is 1. The summed E-state index contributed by atoms with van der Waals surface area (Å²) in [5.41, 5.74) is 2.20. The highest BCUT2D eigenvalue weighted by molar-refractivity contribution is 6.30. The Bertz CT molecular complexity index is 724. The van der Waals surface area contributed by atoms with E-state index in [1.807, 2.05) is 12.1 Å². The summed E-state index contributed by atoms with van der Waals surface area (Å²) in [4.78, 5) is 32.4. The lowest BCUT2D eigenvalue weighted by atomic mass is 10.1. The van der Waals surface area contributed by atoms with Crippen molar-refractivity contribution >= 4 is 17.5 Å². The Morgan fingerprint density at radius 3 is 2.86 bits per heavy atom. The van der Waals surface area contributed by atoms with Gasteiger partial charge in [0.15, 0.2) is 0 Å². The molecule has 2 heterocycles. The fourth-order valence-electron chi connectivity index (χ4n) is 2.47. The van der Waals surface area contributed by atoms with E-state index in [2.05, 4.69) is 9.97 Å². The number of hydrogen-bond donors (Lipinski definition) is 1.